The highest BCUT2D eigenvalue weighted by molar-refractivity contribution is 7.80. The molecule has 1 atom stereocenters. The summed E-state index contributed by atoms with van der Waals surface area (Å²) in [5.41, 5.74) is 4.45. The van der Waals surface area contributed by atoms with Gasteiger partial charge in [-0.2, -0.15) is 4.98 Å². The van der Waals surface area contributed by atoms with Gasteiger partial charge in [0.1, 0.15) is 0 Å². The maximum absolute atomic E-state index is 5.82. The second kappa shape index (κ2) is 9.60. The highest BCUT2D eigenvalue weighted by atomic mass is 32.1. The summed E-state index contributed by atoms with van der Waals surface area (Å²) >= 11 is 5.82. The minimum absolute atomic E-state index is 0.341. The Morgan fingerprint density at radius 2 is 1.60 bits per heavy atom. The molecule has 0 fully saturated rings. The summed E-state index contributed by atoms with van der Waals surface area (Å²) in [6.07, 6.45) is 0. The van der Waals surface area contributed by atoms with Crippen molar-refractivity contribution in [1.82, 2.24) is 15.5 Å². The Morgan fingerprint density at radius 1 is 0.914 bits per heavy atom. The molecule has 7 nitrogen and oxygen atoms in total. The molecule has 8 heteroatoms. The topological polar surface area (TPSA) is 72.7 Å². The van der Waals surface area contributed by atoms with Gasteiger partial charge >= 0.3 is 0 Å². The molecule has 35 heavy (non-hydrogen) atoms. The molecule has 4 aromatic rings. The number of nitrogens with zero attached hydrogens (tertiary/aromatic N) is 3. The predicted molar refractivity (Wildman–Crippen MR) is 139 cm³/mol. The van der Waals surface area contributed by atoms with Crippen molar-refractivity contribution in [2.45, 2.75) is 13.0 Å². The summed E-state index contributed by atoms with van der Waals surface area (Å²) in [7, 11) is 3.23. The third kappa shape index (κ3) is 4.24. The van der Waals surface area contributed by atoms with Crippen LogP contribution in [0.15, 0.2) is 89.1 Å². The predicted octanol–water partition coefficient (Wildman–Crippen LogP) is 5.62. The molecular formula is C27H24N4O3S. The second-order valence-electron chi connectivity index (χ2n) is 7.96. The summed E-state index contributed by atoms with van der Waals surface area (Å²) in [4.78, 5) is 6.74. The quantitative estimate of drug-likeness (QED) is 0.354. The molecule has 0 amide bonds. The van der Waals surface area contributed by atoms with Gasteiger partial charge in [-0.15, -0.1) is 0 Å². The Kier molecular flexibility index (Phi) is 6.20. The Labute approximate surface area is 209 Å². The number of methoxy groups -OCH3 is 2. The molecule has 176 valence electrons. The molecular weight excluding hydrogens is 460 g/mol. The van der Waals surface area contributed by atoms with Crippen molar-refractivity contribution >= 4 is 28.6 Å². The van der Waals surface area contributed by atoms with E-state index >= 15 is 0 Å². The zero-order valence-corrected chi connectivity index (χ0v) is 20.4. The Bertz CT molecular complexity index is 1390. The standard InChI is InChI=1S/C27H24N4O3S/c1-17-23(26-29-25(30-34-26)18-10-6-4-7-11-18)24(19-14-15-21(32-2)22(16-19)33-3)28-27(35)31(17)20-12-8-5-9-13-20/h4-16,24H,1-3H3,(H,28,35). The summed E-state index contributed by atoms with van der Waals surface area (Å²) in [6.45, 7) is 2.01. The fourth-order valence-corrected chi connectivity index (χ4v) is 4.59. The lowest BCUT2D eigenvalue weighted by Gasteiger charge is -2.37. The molecule has 5 rings (SSSR count). The molecule has 1 aromatic heterocycles. The van der Waals surface area contributed by atoms with Crippen LogP contribution in [0, 0.1) is 0 Å². The zero-order chi connectivity index (χ0) is 24.4. The van der Waals surface area contributed by atoms with Gasteiger partial charge in [-0.1, -0.05) is 59.8 Å². The molecule has 1 aliphatic rings. The van der Waals surface area contributed by atoms with E-state index in [1.807, 2.05) is 90.7 Å². The van der Waals surface area contributed by atoms with Crippen LogP contribution >= 0.6 is 12.2 Å². The smallest absolute Gasteiger partial charge is 0.258 e. The lowest BCUT2D eigenvalue weighted by molar-refractivity contribution is 0.354. The van der Waals surface area contributed by atoms with Gasteiger partial charge in [-0.3, -0.25) is 4.90 Å². The van der Waals surface area contributed by atoms with Crippen molar-refractivity contribution < 1.29 is 14.0 Å². The largest absolute Gasteiger partial charge is 0.493 e. The molecule has 0 saturated heterocycles. The molecule has 2 heterocycles. The SMILES string of the molecule is COc1ccc(C2NC(=S)N(c3ccccc3)C(C)=C2c2nc(-c3ccccc3)no2)cc1OC. The number of hydrogen-bond acceptors (Lipinski definition) is 6. The highest BCUT2D eigenvalue weighted by Gasteiger charge is 2.35. The zero-order valence-electron chi connectivity index (χ0n) is 19.6. The number of thiocarbonyl (C=S) groups is 1. The van der Waals surface area contributed by atoms with Crippen LogP contribution in [0.5, 0.6) is 11.5 Å². The number of nitrogens with one attached hydrogen (secondary N) is 1. The van der Waals surface area contributed by atoms with Gasteiger partial charge in [0.2, 0.25) is 5.82 Å². The fraction of sp³-hybridized carbons (Fsp3) is 0.148. The maximum Gasteiger partial charge on any atom is 0.258 e. The lowest BCUT2D eigenvalue weighted by atomic mass is 9.94. The first-order chi connectivity index (χ1) is 17.1. The van der Waals surface area contributed by atoms with E-state index in [1.54, 1.807) is 14.2 Å². The van der Waals surface area contributed by atoms with E-state index in [-0.39, 0.29) is 6.04 Å². The molecule has 1 N–H and O–H groups in total. The number of allylic oxidation sites excluding steroid dienone is 1. The number of rotatable bonds is 6. The van der Waals surface area contributed by atoms with Crippen LogP contribution in [0.25, 0.3) is 17.0 Å². The van der Waals surface area contributed by atoms with Crippen molar-refractivity contribution in [3.63, 3.8) is 0 Å². The van der Waals surface area contributed by atoms with Crippen LogP contribution in [0.4, 0.5) is 5.69 Å². The van der Waals surface area contributed by atoms with Gasteiger partial charge in [0, 0.05) is 16.9 Å². The number of anilines is 1. The Hall–Kier alpha value is -4.17. The van der Waals surface area contributed by atoms with Crippen LogP contribution in [0.3, 0.4) is 0 Å². The molecule has 0 bridgehead atoms. The van der Waals surface area contributed by atoms with Crippen molar-refractivity contribution in [2.24, 2.45) is 0 Å². The molecule has 0 spiro atoms. The first kappa shape index (κ1) is 22.6. The van der Waals surface area contributed by atoms with Gasteiger partial charge in [-0.05, 0) is 49.0 Å². The van der Waals surface area contributed by atoms with E-state index in [0.29, 0.717) is 28.3 Å². The van der Waals surface area contributed by atoms with Gasteiger partial charge in [0.15, 0.2) is 16.6 Å². The molecule has 1 unspecified atom stereocenters. The monoisotopic (exact) mass is 484 g/mol. The number of para-hydroxylation sites is 1. The van der Waals surface area contributed by atoms with E-state index in [2.05, 4.69) is 10.5 Å². The molecule has 1 aliphatic heterocycles. The Balaban J connectivity index is 1.66. The molecule has 3 aromatic carbocycles. The van der Waals surface area contributed by atoms with Crippen molar-refractivity contribution in [3.8, 4) is 22.9 Å². The molecule has 0 radical (unpaired) electrons. The molecule has 0 aliphatic carbocycles. The lowest BCUT2D eigenvalue weighted by Crippen LogP contribution is -2.46. The van der Waals surface area contributed by atoms with E-state index in [0.717, 1.165) is 28.1 Å². The summed E-state index contributed by atoms with van der Waals surface area (Å²) in [5.74, 6) is 2.20. The van der Waals surface area contributed by atoms with Crippen LogP contribution in [0.1, 0.15) is 24.4 Å². The van der Waals surface area contributed by atoms with Crippen LogP contribution < -0.4 is 19.7 Å². The summed E-state index contributed by atoms with van der Waals surface area (Å²) < 4.78 is 16.8. The number of hydrogen-bond donors (Lipinski definition) is 1. The second-order valence-corrected chi connectivity index (χ2v) is 8.34. The normalized spacial score (nSPS) is 15.7. The number of ether oxygens (including phenoxy) is 2. The van der Waals surface area contributed by atoms with Crippen LogP contribution in [-0.4, -0.2) is 29.5 Å². The number of benzene rings is 3. The number of aromatic nitrogens is 2. The summed E-state index contributed by atoms with van der Waals surface area (Å²) in [5, 5.41) is 8.30. The molecule has 0 saturated carbocycles. The fourth-order valence-electron chi connectivity index (χ4n) is 4.23. The average Bonchev–Trinajstić information content (AvgIpc) is 3.39. The van der Waals surface area contributed by atoms with Crippen LogP contribution in [-0.2, 0) is 0 Å². The average molecular weight is 485 g/mol. The highest BCUT2D eigenvalue weighted by Crippen LogP contribution is 2.41. The maximum atomic E-state index is 5.82. The Morgan fingerprint density at radius 3 is 2.29 bits per heavy atom. The van der Waals surface area contributed by atoms with Crippen molar-refractivity contribution in [3.05, 3.63) is 96.0 Å². The van der Waals surface area contributed by atoms with Gasteiger partial charge < -0.3 is 19.3 Å². The van der Waals surface area contributed by atoms with Gasteiger partial charge in [0.25, 0.3) is 5.89 Å². The van der Waals surface area contributed by atoms with Gasteiger partial charge in [0.05, 0.1) is 25.8 Å². The summed E-state index contributed by atoms with van der Waals surface area (Å²) in [6, 6.07) is 25.1. The first-order valence-electron chi connectivity index (χ1n) is 11.1. The first-order valence-corrected chi connectivity index (χ1v) is 11.5. The van der Waals surface area contributed by atoms with E-state index in [1.165, 1.54) is 0 Å². The third-order valence-electron chi connectivity index (χ3n) is 5.93. The van der Waals surface area contributed by atoms with E-state index in [4.69, 9.17) is 31.2 Å². The van der Waals surface area contributed by atoms with Crippen LogP contribution in [0.2, 0.25) is 0 Å². The van der Waals surface area contributed by atoms with Crippen molar-refractivity contribution in [2.75, 3.05) is 19.1 Å². The third-order valence-corrected chi connectivity index (χ3v) is 6.23. The van der Waals surface area contributed by atoms with Gasteiger partial charge in [-0.25, -0.2) is 0 Å². The van der Waals surface area contributed by atoms with Crippen molar-refractivity contribution in [1.29, 1.82) is 0 Å². The minimum atomic E-state index is -0.341. The minimum Gasteiger partial charge on any atom is -0.493 e. The van der Waals surface area contributed by atoms with E-state index in [9.17, 15) is 0 Å². The van der Waals surface area contributed by atoms with E-state index < -0.39 is 0 Å².